The molecule has 17 heavy (non-hydrogen) atoms. The Morgan fingerprint density at radius 1 is 1.24 bits per heavy atom. The Morgan fingerprint density at radius 2 is 1.88 bits per heavy atom. The highest BCUT2D eigenvalue weighted by Crippen LogP contribution is 2.22. The van der Waals surface area contributed by atoms with E-state index >= 15 is 0 Å². The minimum Gasteiger partial charge on any atom is -0.401 e. The topological polar surface area (TPSA) is 44.8 Å². The van der Waals surface area contributed by atoms with Crippen molar-refractivity contribution in [2.45, 2.75) is 0 Å². The fourth-order valence-electron chi connectivity index (χ4n) is 1.43. The predicted octanol–water partition coefficient (Wildman–Crippen LogP) is 1.51. The number of halogens is 1. The second-order valence-electron chi connectivity index (χ2n) is 3.57. The molecular weight excluding hydrogens is 242 g/mol. The molecule has 0 amide bonds. The summed E-state index contributed by atoms with van der Waals surface area (Å²) in [4.78, 5) is 11.8. The van der Waals surface area contributed by atoms with E-state index in [4.69, 9.17) is 16.3 Å². The number of hydrazine groups is 2. The van der Waals surface area contributed by atoms with E-state index in [2.05, 4.69) is 5.53 Å². The number of ether oxygens (including phenoxy) is 1. The summed E-state index contributed by atoms with van der Waals surface area (Å²) in [6, 6.07) is 8.75. The fraction of sp³-hybridized carbons (Fsp3) is 0.182. The highest BCUT2D eigenvalue weighted by molar-refractivity contribution is 6.29. The van der Waals surface area contributed by atoms with Gasteiger partial charge >= 0.3 is 5.97 Å². The molecule has 6 heteroatoms. The lowest BCUT2D eigenvalue weighted by Gasteiger charge is -2.16. The molecule has 1 aromatic carbocycles. The summed E-state index contributed by atoms with van der Waals surface area (Å²) in [6.45, 7) is 0. The highest BCUT2D eigenvalue weighted by Gasteiger charge is 2.26. The maximum Gasteiger partial charge on any atom is 0.344 e. The van der Waals surface area contributed by atoms with Gasteiger partial charge in [-0.2, -0.15) is 0 Å². The lowest BCUT2D eigenvalue weighted by atomic mass is 10.2. The van der Waals surface area contributed by atoms with Crippen LogP contribution < -0.4 is 5.53 Å². The molecule has 90 valence electrons. The summed E-state index contributed by atoms with van der Waals surface area (Å²) in [5.74, 6) is -0.161. The molecule has 1 N–H and O–H groups in total. The zero-order valence-electron chi connectivity index (χ0n) is 9.48. The van der Waals surface area contributed by atoms with Gasteiger partial charge in [0.05, 0.1) is 5.56 Å². The highest BCUT2D eigenvalue weighted by atomic mass is 35.5. The number of hydrogen-bond acceptors (Lipinski definition) is 5. The smallest absolute Gasteiger partial charge is 0.344 e. The quantitative estimate of drug-likeness (QED) is 0.639. The van der Waals surface area contributed by atoms with E-state index in [1.165, 1.54) is 5.01 Å². The molecule has 5 nitrogen and oxygen atoms in total. The normalized spacial score (nSPS) is 15.5. The largest absolute Gasteiger partial charge is 0.401 e. The Kier molecular flexibility index (Phi) is 3.21. The predicted molar refractivity (Wildman–Crippen MR) is 63.4 cm³/mol. The summed E-state index contributed by atoms with van der Waals surface area (Å²) in [7, 11) is 3.43. The molecule has 1 aliphatic heterocycles. The molecule has 0 bridgehead atoms. The van der Waals surface area contributed by atoms with E-state index in [1.54, 1.807) is 43.4 Å². The van der Waals surface area contributed by atoms with Gasteiger partial charge < -0.3 is 4.74 Å². The Morgan fingerprint density at radius 3 is 2.41 bits per heavy atom. The lowest BCUT2D eigenvalue weighted by Crippen LogP contribution is -2.36. The average Bonchev–Trinajstić information content (AvgIpc) is 2.57. The van der Waals surface area contributed by atoms with E-state index in [0.29, 0.717) is 10.7 Å². The second-order valence-corrected chi connectivity index (χ2v) is 3.93. The van der Waals surface area contributed by atoms with Gasteiger partial charge in [-0.15, -0.1) is 5.53 Å². The van der Waals surface area contributed by atoms with Crippen molar-refractivity contribution in [2.75, 3.05) is 14.1 Å². The average molecular weight is 254 g/mol. The molecule has 0 atom stereocenters. The lowest BCUT2D eigenvalue weighted by molar-refractivity contribution is 0.0464. The van der Waals surface area contributed by atoms with Crippen LogP contribution in [0.5, 0.6) is 0 Å². The van der Waals surface area contributed by atoms with Gasteiger partial charge in [0.15, 0.2) is 5.16 Å². The van der Waals surface area contributed by atoms with Gasteiger partial charge in [-0.3, -0.25) is 10.0 Å². The van der Waals surface area contributed by atoms with Crippen molar-refractivity contribution in [2.24, 2.45) is 0 Å². The molecule has 0 fully saturated rings. The second kappa shape index (κ2) is 4.65. The van der Waals surface area contributed by atoms with Crippen LogP contribution in [0.3, 0.4) is 0 Å². The van der Waals surface area contributed by atoms with Crippen LogP contribution in [0.1, 0.15) is 10.4 Å². The molecule has 1 aromatic rings. The molecule has 0 radical (unpaired) electrons. The van der Waals surface area contributed by atoms with Crippen LogP contribution in [0.25, 0.3) is 0 Å². The van der Waals surface area contributed by atoms with Crippen LogP contribution in [-0.4, -0.2) is 30.1 Å². The molecule has 1 heterocycles. The number of esters is 1. The standard InChI is InChI=1S/C11H12ClN3O2/c1-14-9(12)10(15(2)13-14)17-11(16)8-6-4-3-5-7-8/h3-7,13H,1-2H3. The molecule has 1 aliphatic rings. The monoisotopic (exact) mass is 253 g/mol. The first-order valence-corrected chi connectivity index (χ1v) is 5.38. The van der Waals surface area contributed by atoms with E-state index in [0.717, 1.165) is 0 Å². The van der Waals surface area contributed by atoms with Crippen molar-refractivity contribution in [3.8, 4) is 0 Å². The summed E-state index contributed by atoms with van der Waals surface area (Å²) in [6.07, 6.45) is 0. The van der Waals surface area contributed by atoms with Crippen molar-refractivity contribution in [3.05, 3.63) is 46.9 Å². The number of nitrogens with one attached hydrogen (secondary N) is 1. The number of hydrogen-bond donors (Lipinski definition) is 1. The van der Waals surface area contributed by atoms with Crippen molar-refractivity contribution in [1.29, 1.82) is 0 Å². The molecule has 2 rings (SSSR count). The van der Waals surface area contributed by atoms with Gasteiger partial charge in [-0.05, 0) is 12.1 Å². The Labute approximate surface area is 104 Å². The number of benzene rings is 1. The fourth-order valence-corrected chi connectivity index (χ4v) is 1.63. The van der Waals surface area contributed by atoms with E-state index in [1.807, 2.05) is 6.07 Å². The zero-order chi connectivity index (χ0) is 12.4. The van der Waals surface area contributed by atoms with Gasteiger partial charge in [-0.1, -0.05) is 29.8 Å². The maximum absolute atomic E-state index is 11.8. The number of rotatable bonds is 2. The molecule has 0 aromatic heterocycles. The summed E-state index contributed by atoms with van der Waals surface area (Å²) in [5.41, 5.74) is 3.34. The summed E-state index contributed by atoms with van der Waals surface area (Å²) in [5, 5.41) is 3.41. The molecule has 0 saturated carbocycles. The third kappa shape index (κ3) is 2.35. The van der Waals surface area contributed by atoms with Crippen LogP contribution in [0.4, 0.5) is 0 Å². The van der Waals surface area contributed by atoms with Gasteiger partial charge in [-0.25, -0.2) is 4.79 Å². The Bertz CT molecular complexity index is 461. The van der Waals surface area contributed by atoms with Gasteiger partial charge in [0, 0.05) is 14.1 Å². The molecule has 0 saturated heterocycles. The van der Waals surface area contributed by atoms with Crippen LogP contribution >= 0.6 is 11.6 Å². The summed E-state index contributed by atoms with van der Waals surface area (Å²) >= 11 is 5.98. The van der Waals surface area contributed by atoms with Crippen molar-refractivity contribution in [3.63, 3.8) is 0 Å². The van der Waals surface area contributed by atoms with Gasteiger partial charge in [0.2, 0.25) is 0 Å². The zero-order valence-corrected chi connectivity index (χ0v) is 10.2. The third-order valence-electron chi connectivity index (χ3n) is 2.27. The van der Waals surface area contributed by atoms with E-state index < -0.39 is 5.97 Å². The molecule has 0 spiro atoms. The Hall–Kier alpha value is -1.72. The van der Waals surface area contributed by atoms with E-state index in [9.17, 15) is 4.79 Å². The van der Waals surface area contributed by atoms with Crippen LogP contribution in [0.15, 0.2) is 41.4 Å². The Balaban J connectivity index is 2.15. The van der Waals surface area contributed by atoms with Crippen LogP contribution in [-0.2, 0) is 4.74 Å². The van der Waals surface area contributed by atoms with Crippen LogP contribution in [0, 0.1) is 0 Å². The van der Waals surface area contributed by atoms with Crippen LogP contribution in [0.2, 0.25) is 0 Å². The SMILES string of the molecule is CN1NN(C)C(OC(=O)c2ccccc2)=C1Cl. The van der Waals surface area contributed by atoms with Crippen molar-refractivity contribution < 1.29 is 9.53 Å². The molecular formula is C11H12ClN3O2. The first kappa shape index (κ1) is 11.8. The molecule has 0 aliphatic carbocycles. The summed E-state index contributed by atoms with van der Waals surface area (Å²) < 4.78 is 5.22. The third-order valence-corrected chi connectivity index (χ3v) is 2.69. The van der Waals surface area contributed by atoms with Gasteiger partial charge in [0.1, 0.15) is 0 Å². The number of nitrogens with zero attached hydrogens (tertiary/aromatic N) is 2. The van der Waals surface area contributed by atoms with Crippen molar-refractivity contribution in [1.82, 2.24) is 15.6 Å². The first-order chi connectivity index (χ1) is 8.09. The van der Waals surface area contributed by atoms with E-state index in [-0.39, 0.29) is 5.88 Å². The van der Waals surface area contributed by atoms with Gasteiger partial charge in [0.25, 0.3) is 5.88 Å². The number of carbonyl (C=O) groups is 1. The minimum absolute atomic E-state index is 0.281. The molecule has 0 unspecified atom stereocenters. The first-order valence-electron chi connectivity index (χ1n) is 5.00. The minimum atomic E-state index is -0.442. The van der Waals surface area contributed by atoms with Crippen molar-refractivity contribution >= 4 is 17.6 Å². The maximum atomic E-state index is 11.8. The number of carbonyl (C=O) groups excluding carboxylic acids is 1.